The Labute approximate surface area is 101 Å². The number of rotatable bonds is 4. The minimum atomic E-state index is 0.474. The van der Waals surface area contributed by atoms with E-state index in [1.807, 2.05) is 53.0 Å². The second kappa shape index (κ2) is 5.17. The topological polar surface area (TPSA) is 44.9 Å². The zero-order valence-electron chi connectivity index (χ0n) is 9.74. The summed E-state index contributed by atoms with van der Waals surface area (Å²) in [4.78, 5) is 6.37. The average molecular weight is 226 g/mol. The summed E-state index contributed by atoms with van der Waals surface area (Å²) in [7, 11) is 1.95. The maximum absolute atomic E-state index is 8.72. The van der Waals surface area contributed by atoms with Gasteiger partial charge in [-0.15, -0.1) is 0 Å². The molecule has 86 valence electrons. The highest BCUT2D eigenvalue weighted by Gasteiger charge is 2.12. The van der Waals surface area contributed by atoms with Crippen molar-refractivity contribution < 1.29 is 0 Å². The summed E-state index contributed by atoms with van der Waals surface area (Å²) in [5.41, 5.74) is 1.05. The van der Waals surface area contributed by atoms with E-state index in [-0.39, 0.29) is 0 Å². The van der Waals surface area contributed by atoms with E-state index in [1.165, 1.54) is 0 Å². The van der Waals surface area contributed by atoms with Gasteiger partial charge in [0.1, 0.15) is 0 Å². The maximum Gasteiger partial charge on any atom is 0.209 e. The minimum Gasteiger partial charge on any atom is -0.320 e. The molecule has 0 N–H and O–H groups in total. The summed E-state index contributed by atoms with van der Waals surface area (Å²) in [6.07, 6.45) is 4.14. The Morgan fingerprint density at radius 2 is 2.12 bits per heavy atom. The molecule has 0 saturated heterocycles. The van der Waals surface area contributed by atoms with Crippen LogP contribution in [0.5, 0.6) is 0 Å². The Bertz CT molecular complexity index is 510. The third-order valence-corrected chi connectivity index (χ3v) is 2.55. The molecule has 0 unspecified atom stereocenters. The van der Waals surface area contributed by atoms with Gasteiger partial charge >= 0.3 is 0 Å². The van der Waals surface area contributed by atoms with Crippen LogP contribution in [0.3, 0.4) is 0 Å². The third kappa shape index (κ3) is 2.45. The SMILES string of the molecule is Cn1ccnc1N(CCC#N)c1ccccc1. The molecule has 0 fully saturated rings. The van der Waals surface area contributed by atoms with E-state index in [1.54, 1.807) is 6.20 Å². The number of benzene rings is 1. The number of hydrogen-bond acceptors (Lipinski definition) is 3. The van der Waals surface area contributed by atoms with E-state index in [0.717, 1.165) is 11.6 Å². The van der Waals surface area contributed by atoms with Crippen molar-refractivity contribution in [2.24, 2.45) is 7.05 Å². The molecule has 1 aromatic carbocycles. The summed E-state index contributed by atoms with van der Waals surface area (Å²) >= 11 is 0. The van der Waals surface area contributed by atoms with Crippen LogP contribution in [0.25, 0.3) is 0 Å². The lowest BCUT2D eigenvalue weighted by molar-refractivity contribution is 0.831. The molecular weight excluding hydrogens is 212 g/mol. The Hall–Kier alpha value is -2.28. The molecule has 0 spiro atoms. The van der Waals surface area contributed by atoms with E-state index in [9.17, 15) is 0 Å². The Morgan fingerprint density at radius 1 is 1.35 bits per heavy atom. The quantitative estimate of drug-likeness (QED) is 0.804. The predicted octanol–water partition coefficient (Wildman–Crippen LogP) is 2.47. The van der Waals surface area contributed by atoms with E-state index in [0.29, 0.717) is 13.0 Å². The summed E-state index contributed by atoms with van der Waals surface area (Å²) in [5, 5.41) is 8.72. The van der Waals surface area contributed by atoms with Crippen molar-refractivity contribution in [1.29, 1.82) is 5.26 Å². The highest BCUT2D eigenvalue weighted by Crippen LogP contribution is 2.22. The van der Waals surface area contributed by atoms with Crippen LogP contribution in [0.2, 0.25) is 0 Å². The van der Waals surface area contributed by atoms with Crippen LogP contribution in [0, 0.1) is 11.3 Å². The molecule has 2 aromatic rings. The molecule has 0 radical (unpaired) electrons. The Morgan fingerprint density at radius 3 is 2.71 bits per heavy atom. The number of para-hydroxylation sites is 1. The fourth-order valence-electron chi connectivity index (χ4n) is 1.73. The van der Waals surface area contributed by atoms with Crippen LogP contribution in [-0.4, -0.2) is 16.1 Å². The van der Waals surface area contributed by atoms with E-state index >= 15 is 0 Å². The molecule has 0 atom stereocenters. The van der Waals surface area contributed by atoms with Gasteiger partial charge in [-0.1, -0.05) is 18.2 Å². The van der Waals surface area contributed by atoms with Gasteiger partial charge in [-0.25, -0.2) is 4.98 Å². The summed E-state index contributed by atoms with van der Waals surface area (Å²) in [6, 6.07) is 12.2. The number of aryl methyl sites for hydroxylation is 1. The predicted molar refractivity (Wildman–Crippen MR) is 66.9 cm³/mol. The molecule has 0 aliphatic carbocycles. The van der Waals surface area contributed by atoms with Crippen molar-refractivity contribution in [2.75, 3.05) is 11.4 Å². The average Bonchev–Trinajstić information content (AvgIpc) is 2.78. The second-order valence-electron chi connectivity index (χ2n) is 3.73. The van der Waals surface area contributed by atoms with Crippen LogP contribution in [-0.2, 0) is 7.05 Å². The minimum absolute atomic E-state index is 0.474. The molecule has 0 amide bonds. The smallest absolute Gasteiger partial charge is 0.209 e. The van der Waals surface area contributed by atoms with Crippen LogP contribution < -0.4 is 4.90 Å². The monoisotopic (exact) mass is 226 g/mol. The van der Waals surface area contributed by atoms with Gasteiger partial charge in [0, 0.05) is 31.7 Å². The fraction of sp³-hybridized carbons (Fsp3) is 0.231. The van der Waals surface area contributed by atoms with E-state index in [2.05, 4.69) is 11.1 Å². The van der Waals surface area contributed by atoms with Crippen molar-refractivity contribution >= 4 is 11.6 Å². The van der Waals surface area contributed by atoms with Gasteiger partial charge in [0.25, 0.3) is 0 Å². The van der Waals surface area contributed by atoms with Crippen LogP contribution in [0.15, 0.2) is 42.7 Å². The van der Waals surface area contributed by atoms with Gasteiger partial charge in [-0.3, -0.25) is 0 Å². The van der Waals surface area contributed by atoms with Crippen molar-refractivity contribution in [1.82, 2.24) is 9.55 Å². The van der Waals surface area contributed by atoms with Gasteiger partial charge < -0.3 is 9.47 Å². The molecule has 1 heterocycles. The largest absolute Gasteiger partial charge is 0.320 e. The van der Waals surface area contributed by atoms with Gasteiger partial charge in [-0.05, 0) is 12.1 Å². The van der Waals surface area contributed by atoms with Crippen molar-refractivity contribution in [2.45, 2.75) is 6.42 Å². The summed E-state index contributed by atoms with van der Waals surface area (Å²) < 4.78 is 1.95. The molecule has 0 aliphatic rings. The van der Waals surface area contributed by atoms with Gasteiger partial charge in [0.2, 0.25) is 5.95 Å². The zero-order valence-corrected chi connectivity index (χ0v) is 9.74. The maximum atomic E-state index is 8.72. The molecule has 17 heavy (non-hydrogen) atoms. The molecule has 0 saturated carbocycles. The van der Waals surface area contributed by atoms with Crippen molar-refractivity contribution in [3.8, 4) is 6.07 Å². The van der Waals surface area contributed by atoms with E-state index < -0.39 is 0 Å². The first kappa shape index (κ1) is 11.2. The molecule has 0 bridgehead atoms. The first-order chi connectivity index (χ1) is 8.33. The lowest BCUT2D eigenvalue weighted by atomic mass is 10.3. The third-order valence-electron chi connectivity index (χ3n) is 2.55. The lowest BCUT2D eigenvalue weighted by Crippen LogP contribution is -2.21. The number of nitriles is 1. The van der Waals surface area contributed by atoms with Crippen LogP contribution in [0.4, 0.5) is 11.6 Å². The number of aromatic nitrogens is 2. The van der Waals surface area contributed by atoms with Gasteiger partial charge in [-0.2, -0.15) is 5.26 Å². The highest BCUT2D eigenvalue weighted by atomic mass is 15.3. The Balaban J connectivity index is 2.33. The molecule has 1 aromatic heterocycles. The van der Waals surface area contributed by atoms with Crippen molar-refractivity contribution in [3.05, 3.63) is 42.7 Å². The molecule has 2 rings (SSSR count). The standard InChI is InChI=1S/C13H14N4/c1-16-11-9-15-13(16)17(10-5-8-14)12-6-3-2-4-7-12/h2-4,6-7,9,11H,5,10H2,1H3. The number of imidazole rings is 1. The summed E-state index contributed by atoms with van der Waals surface area (Å²) in [5.74, 6) is 0.853. The van der Waals surface area contributed by atoms with Crippen molar-refractivity contribution in [3.63, 3.8) is 0 Å². The summed E-state index contributed by atoms with van der Waals surface area (Å²) in [6.45, 7) is 0.644. The van der Waals surface area contributed by atoms with E-state index in [4.69, 9.17) is 5.26 Å². The second-order valence-corrected chi connectivity index (χ2v) is 3.73. The first-order valence-electron chi connectivity index (χ1n) is 5.50. The highest BCUT2D eigenvalue weighted by molar-refractivity contribution is 5.57. The number of anilines is 2. The molecule has 0 aliphatic heterocycles. The first-order valence-corrected chi connectivity index (χ1v) is 5.50. The lowest BCUT2D eigenvalue weighted by Gasteiger charge is -2.22. The zero-order chi connectivity index (χ0) is 12.1. The Kier molecular flexibility index (Phi) is 3.41. The fourth-order valence-corrected chi connectivity index (χ4v) is 1.73. The van der Waals surface area contributed by atoms with Gasteiger partial charge in [0.15, 0.2) is 0 Å². The molecule has 4 heteroatoms. The molecular formula is C13H14N4. The normalized spacial score (nSPS) is 9.88. The van der Waals surface area contributed by atoms with Crippen LogP contribution in [0.1, 0.15) is 6.42 Å². The van der Waals surface area contributed by atoms with Gasteiger partial charge in [0.05, 0.1) is 12.5 Å². The molecule has 4 nitrogen and oxygen atoms in total. The number of hydrogen-bond donors (Lipinski definition) is 0. The van der Waals surface area contributed by atoms with Crippen LogP contribution >= 0.6 is 0 Å². The number of nitrogens with zero attached hydrogens (tertiary/aromatic N) is 4.